The van der Waals surface area contributed by atoms with Crippen molar-refractivity contribution in [2.24, 2.45) is 0 Å². The van der Waals surface area contributed by atoms with E-state index in [1.165, 1.54) is 17.1 Å². The van der Waals surface area contributed by atoms with Gasteiger partial charge in [-0.3, -0.25) is 4.57 Å². The van der Waals surface area contributed by atoms with Gasteiger partial charge in [-0.2, -0.15) is 0 Å². The molecule has 0 amide bonds. The Morgan fingerprint density at radius 3 is 2.85 bits per heavy atom. The molecule has 8 heteroatoms. The summed E-state index contributed by atoms with van der Waals surface area (Å²) in [6.45, 7) is 1.21. The van der Waals surface area contributed by atoms with E-state index in [-0.39, 0.29) is 0 Å². The average molecular weight is 280 g/mol. The van der Waals surface area contributed by atoms with Crippen molar-refractivity contribution in [3.05, 3.63) is 18.6 Å². The number of rotatable bonds is 2. The quantitative estimate of drug-likeness (QED) is 0.544. The molecule has 2 aromatic heterocycles. The maximum Gasteiger partial charge on any atom is 0.173 e. The Kier molecular flexibility index (Phi) is 2.91. The zero-order valence-corrected chi connectivity index (χ0v) is 10.8. The molecule has 0 aliphatic carbocycles. The number of hydrogen-bond donors (Lipinski definition) is 4. The van der Waals surface area contributed by atoms with E-state index in [0.717, 1.165) is 0 Å². The number of hydrogen-bond acceptors (Lipinski definition) is 7. The molecule has 0 aromatic carbocycles. The summed E-state index contributed by atoms with van der Waals surface area (Å²) in [4.78, 5) is 8.35. The van der Waals surface area contributed by atoms with Gasteiger partial charge in [0.15, 0.2) is 11.4 Å². The van der Waals surface area contributed by atoms with Crippen LogP contribution in [0.1, 0.15) is 6.92 Å². The van der Waals surface area contributed by atoms with E-state index in [1.807, 2.05) is 0 Å². The van der Waals surface area contributed by atoms with Gasteiger partial charge >= 0.3 is 0 Å². The molecule has 3 heterocycles. The monoisotopic (exact) mass is 280 g/mol. The van der Waals surface area contributed by atoms with Gasteiger partial charge in [-0.15, -0.1) is 0 Å². The summed E-state index contributed by atoms with van der Waals surface area (Å²) in [7, 11) is 0. The van der Waals surface area contributed by atoms with Crippen molar-refractivity contribution >= 4 is 16.9 Å². The number of imidazole rings is 1. The fraction of sp³-hybridized carbons (Fsp3) is 0.500. The highest BCUT2D eigenvalue weighted by Gasteiger charge is 2.52. The largest absolute Gasteiger partial charge is 0.397 e. The number of aromatic nitrogens is 3. The minimum atomic E-state index is -1.28. The van der Waals surface area contributed by atoms with Gasteiger partial charge < -0.3 is 25.8 Å². The topological polar surface area (TPSA) is 127 Å². The number of fused-ring (bicyclic) bond motifs is 1. The molecular weight excluding hydrogens is 264 g/mol. The van der Waals surface area contributed by atoms with Crippen LogP contribution in [-0.2, 0) is 10.5 Å². The Labute approximate surface area is 114 Å². The fourth-order valence-electron chi connectivity index (χ4n) is 2.57. The standard InChI is InChI=1S/C12H16N4O4/c1-12(10(19)9(18)7(4-17)20-12)16-5-15-8-6(13)2-3-14-11(8)16/h2-3,5,7,9-10,17-19H,4H2,1H3,(H2,13,14)/t7-,9?,10+,12-/m1/s1. The molecule has 108 valence electrons. The lowest BCUT2D eigenvalue weighted by Gasteiger charge is -2.29. The Balaban J connectivity index is 2.13. The maximum absolute atomic E-state index is 10.2. The number of nitrogens with zero attached hydrogens (tertiary/aromatic N) is 3. The summed E-state index contributed by atoms with van der Waals surface area (Å²) in [5.74, 6) is 0. The third-order valence-corrected chi connectivity index (χ3v) is 3.77. The predicted molar refractivity (Wildman–Crippen MR) is 69.6 cm³/mol. The van der Waals surface area contributed by atoms with Gasteiger partial charge in [-0.05, 0) is 13.0 Å². The van der Waals surface area contributed by atoms with Crippen LogP contribution in [0.15, 0.2) is 18.6 Å². The van der Waals surface area contributed by atoms with Crippen LogP contribution >= 0.6 is 0 Å². The molecule has 20 heavy (non-hydrogen) atoms. The Bertz CT molecular complexity index is 645. The number of ether oxygens (including phenoxy) is 1. The lowest BCUT2D eigenvalue weighted by atomic mass is 10.0. The zero-order chi connectivity index (χ0) is 14.5. The number of anilines is 1. The van der Waals surface area contributed by atoms with Crippen molar-refractivity contribution in [1.82, 2.24) is 14.5 Å². The van der Waals surface area contributed by atoms with Crippen LogP contribution in [0.4, 0.5) is 5.69 Å². The van der Waals surface area contributed by atoms with Crippen molar-refractivity contribution in [2.75, 3.05) is 12.3 Å². The molecule has 1 aliphatic rings. The van der Waals surface area contributed by atoms with Gasteiger partial charge in [0, 0.05) is 6.20 Å². The SMILES string of the molecule is C[C@@]1(n2cnc3c(N)ccnc32)O[C@H](CO)C(O)[C@@H]1O. The van der Waals surface area contributed by atoms with Crippen molar-refractivity contribution in [2.45, 2.75) is 31.0 Å². The third-order valence-electron chi connectivity index (χ3n) is 3.77. The molecule has 2 aromatic rings. The average Bonchev–Trinajstić information content (AvgIpc) is 2.96. The van der Waals surface area contributed by atoms with E-state index >= 15 is 0 Å². The van der Waals surface area contributed by atoms with Gasteiger partial charge in [-0.25, -0.2) is 9.97 Å². The Morgan fingerprint density at radius 1 is 1.45 bits per heavy atom. The molecule has 1 fully saturated rings. The van der Waals surface area contributed by atoms with Crippen LogP contribution in [-0.4, -0.2) is 54.8 Å². The molecule has 0 bridgehead atoms. The summed E-state index contributed by atoms with van der Waals surface area (Å²) < 4.78 is 7.12. The molecule has 1 aliphatic heterocycles. The molecule has 3 rings (SSSR count). The number of aliphatic hydroxyl groups is 3. The van der Waals surface area contributed by atoms with E-state index < -0.39 is 30.6 Å². The van der Waals surface area contributed by atoms with Crippen LogP contribution in [0, 0.1) is 0 Å². The molecule has 8 nitrogen and oxygen atoms in total. The minimum Gasteiger partial charge on any atom is -0.397 e. The molecule has 1 unspecified atom stereocenters. The summed E-state index contributed by atoms with van der Waals surface area (Å²) >= 11 is 0. The lowest BCUT2D eigenvalue weighted by Crippen LogP contribution is -2.43. The second-order valence-electron chi connectivity index (χ2n) is 5.02. The first-order chi connectivity index (χ1) is 9.49. The highest BCUT2D eigenvalue weighted by Crippen LogP contribution is 2.37. The predicted octanol–water partition coefficient (Wildman–Crippen LogP) is -1.20. The summed E-state index contributed by atoms with van der Waals surface area (Å²) in [6, 6.07) is 1.62. The zero-order valence-electron chi connectivity index (χ0n) is 10.8. The number of nitrogens with two attached hydrogens (primary N) is 1. The van der Waals surface area contributed by atoms with Gasteiger partial charge in [0.05, 0.1) is 18.6 Å². The van der Waals surface area contributed by atoms with E-state index in [0.29, 0.717) is 16.9 Å². The first-order valence-corrected chi connectivity index (χ1v) is 6.22. The molecular formula is C12H16N4O4. The summed E-state index contributed by atoms with van der Waals surface area (Å²) in [5, 5.41) is 29.3. The third kappa shape index (κ3) is 1.63. The van der Waals surface area contributed by atoms with Gasteiger partial charge in [0.25, 0.3) is 0 Å². The normalized spacial score (nSPS) is 33.9. The van der Waals surface area contributed by atoms with Gasteiger partial charge in [-0.1, -0.05) is 0 Å². The highest BCUT2D eigenvalue weighted by molar-refractivity contribution is 5.83. The van der Waals surface area contributed by atoms with Crippen LogP contribution in [0.3, 0.4) is 0 Å². The second-order valence-corrected chi connectivity index (χ2v) is 5.02. The van der Waals surface area contributed by atoms with Crippen molar-refractivity contribution in [3.63, 3.8) is 0 Å². The smallest absolute Gasteiger partial charge is 0.173 e. The molecule has 0 spiro atoms. The Hall–Kier alpha value is -1.74. The Morgan fingerprint density at radius 2 is 2.20 bits per heavy atom. The molecule has 4 atom stereocenters. The van der Waals surface area contributed by atoms with E-state index in [4.69, 9.17) is 10.5 Å². The number of nitrogen functional groups attached to an aromatic ring is 1. The van der Waals surface area contributed by atoms with Crippen LogP contribution in [0.2, 0.25) is 0 Å². The van der Waals surface area contributed by atoms with Crippen LogP contribution < -0.4 is 5.73 Å². The lowest BCUT2D eigenvalue weighted by molar-refractivity contribution is -0.132. The molecule has 5 N–H and O–H groups in total. The summed E-state index contributed by atoms with van der Waals surface area (Å²) in [6.07, 6.45) is -0.304. The maximum atomic E-state index is 10.2. The molecule has 0 saturated carbocycles. The van der Waals surface area contributed by atoms with Crippen LogP contribution in [0.5, 0.6) is 0 Å². The van der Waals surface area contributed by atoms with Crippen molar-refractivity contribution in [3.8, 4) is 0 Å². The van der Waals surface area contributed by atoms with Gasteiger partial charge in [0.1, 0.15) is 23.8 Å². The van der Waals surface area contributed by atoms with E-state index in [9.17, 15) is 15.3 Å². The molecule has 1 saturated heterocycles. The minimum absolute atomic E-state index is 0.393. The fourth-order valence-corrected chi connectivity index (χ4v) is 2.57. The highest BCUT2D eigenvalue weighted by atomic mass is 16.6. The second kappa shape index (κ2) is 4.38. The molecule has 0 radical (unpaired) electrons. The number of aliphatic hydroxyl groups excluding tert-OH is 3. The first kappa shape index (κ1) is 13.3. The van der Waals surface area contributed by atoms with E-state index in [1.54, 1.807) is 13.0 Å². The summed E-state index contributed by atoms with van der Waals surface area (Å²) in [5.41, 5.74) is 5.94. The van der Waals surface area contributed by atoms with E-state index in [2.05, 4.69) is 9.97 Å². The number of pyridine rings is 1. The van der Waals surface area contributed by atoms with Crippen molar-refractivity contribution in [1.29, 1.82) is 0 Å². The first-order valence-electron chi connectivity index (χ1n) is 6.22. The van der Waals surface area contributed by atoms with Gasteiger partial charge in [0.2, 0.25) is 0 Å². The van der Waals surface area contributed by atoms with Crippen LogP contribution in [0.25, 0.3) is 11.2 Å². The van der Waals surface area contributed by atoms with Crippen molar-refractivity contribution < 1.29 is 20.1 Å².